The van der Waals surface area contributed by atoms with Gasteiger partial charge in [-0.15, -0.1) is 0 Å². The molecule has 2 N–H and O–H groups in total. The lowest BCUT2D eigenvalue weighted by Gasteiger charge is -2.34. The highest BCUT2D eigenvalue weighted by Gasteiger charge is 2.43. The Kier molecular flexibility index (Phi) is 1.69. The zero-order valence-corrected chi connectivity index (χ0v) is 7.34. The van der Waals surface area contributed by atoms with Gasteiger partial charge in [-0.2, -0.15) is 0 Å². The zero-order chi connectivity index (χ0) is 7.90. The van der Waals surface area contributed by atoms with Gasteiger partial charge in [0.05, 0.1) is 0 Å². The molecule has 0 amide bonds. The molecule has 2 heteroatoms. The normalized spacial score (nSPS) is 31.1. The Morgan fingerprint density at radius 3 is 2.45 bits per heavy atom. The molecule has 1 saturated heterocycles. The van der Waals surface area contributed by atoms with Gasteiger partial charge in [-0.05, 0) is 38.3 Å². The summed E-state index contributed by atoms with van der Waals surface area (Å²) < 4.78 is 0. The molecule has 1 atom stereocenters. The number of nitrogens with two attached hydrogens (primary N) is 1. The third-order valence-electron chi connectivity index (χ3n) is 3.29. The Labute approximate surface area is 68.7 Å². The lowest BCUT2D eigenvalue weighted by atomic mass is 9.98. The summed E-state index contributed by atoms with van der Waals surface area (Å²) in [5.41, 5.74) is 6.32. The molecule has 0 aromatic heterocycles. The molecule has 2 rings (SSSR count). The summed E-state index contributed by atoms with van der Waals surface area (Å²) in [5, 5.41) is 0. The fourth-order valence-electron chi connectivity index (χ4n) is 1.77. The molecule has 0 aromatic carbocycles. The van der Waals surface area contributed by atoms with Crippen molar-refractivity contribution in [2.45, 2.75) is 31.7 Å². The van der Waals surface area contributed by atoms with E-state index >= 15 is 0 Å². The summed E-state index contributed by atoms with van der Waals surface area (Å²) in [4.78, 5) is 2.51. The van der Waals surface area contributed by atoms with Crippen molar-refractivity contribution in [3.63, 3.8) is 0 Å². The van der Waals surface area contributed by atoms with E-state index in [2.05, 4.69) is 11.8 Å². The van der Waals surface area contributed by atoms with Crippen molar-refractivity contribution in [3.8, 4) is 0 Å². The van der Waals surface area contributed by atoms with Gasteiger partial charge in [0, 0.05) is 12.1 Å². The second kappa shape index (κ2) is 2.46. The number of nitrogens with zero attached hydrogens (tertiary/aromatic N) is 1. The maximum atomic E-state index is 6.09. The molecule has 1 saturated carbocycles. The maximum absolute atomic E-state index is 6.09. The van der Waals surface area contributed by atoms with Gasteiger partial charge in [-0.1, -0.05) is 6.92 Å². The van der Waals surface area contributed by atoms with Crippen LogP contribution in [-0.4, -0.2) is 30.1 Å². The highest BCUT2D eigenvalue weighted by molar-refractivity contribution is 5.03. The SMILES string of the molecule is CC(CN1CCC1)C1(N)CC1. The molecular formula is C9H18N2. The Balaban J connectivity index is 1.76. The molecule has 64 valence electrons. The molecule has 0 radical (unpaired) electrons. The van der Waals surface area contributed by atoms with Crippen molar-refractivity contribution in [2.75, 3.05) is 19.6 Å². The minimum atomic E-state index is 0.232. The van der Waals surface area contributed by atoms with E-state index in [9.17, 15) is 0 Å². The van der Waals surface area contributed by atoms with Crippen molar-refractivity contribution in [1.82, 2.24) is 4.90 Å². The van der Waals surface area contributed by atoms with Crippen LogP contribution >= 0.6 is 0 Å². The van der Waals surface area contributed by atoms with Crippen LogP contribution in [0, 0.1) is 5.92 Å². The Hall–Kier alpha value is -0.0800. The van der Waals surface area contributed by atoms with E-state index in [1.807, 2.05) is 0 Å². The van der Waals surface area contributed by atoms with Gasteiger partial charge in [0.1, 0.15) is 0 Å². The first-order chi connectivity index (χ1) is 5.21. The molecule has 1 aliphatic heterocycles. The van der Waals surface area contributed by atoms with Crippen LogP contribution in [0.5, 0.6) is 0 Å². The number of hydrogen-bond acceptors (Lipinski definition) is 2. The molecule has 0 aromatic rings. The number of rotatable bonds is 3. The van der Waals surface area contributed by atoms with Crippen LogP contribution in [0.1, 0.15) is 26.2 Å². The van der Waals surface area contributed by atoms with Crippen LogP contribution in [0.25, 0.3) is 0 Å². The van der Waals surface area contributed by atoms with Crippen molar-refractivity contribution in [2.24, 2.45) is 11.7 Å². The van der Waals surface area contributed by atoms with Crippen molar-refractivity contribution >= 4 is 0 Å². The Morgan fingerprint density at radius 1 is 1.45 bits per heavy atom. The second-order valence-electron chi connectivity index (χ2n) is 4.29. The summed E-state index contributed by atoms with van der Waals surface area (Å²) in [5.74, 6) is 0.711. The van der Waals surface area contributed by atoms with Gasteiger partial charge in [-0.25, -0.2) is 0 Å². The fraction of sp³-hybridized carbons (Fsp3) is 1.00. The molecule has 0 bridgehead atoms. The predicted octanol–water partition coefficient (Wildman–Crippen LogP) is 0.819. The van der Waals surface area contributed by atoms with E-state index in [0.29, 0.717) is 5.92 Å². The lowest BCUT2D eigenvalue weighted by Crippen LogP contribution is -2.45. The zero-order valence-electron chi connectivity index (χ0n) is 7.34. The number of hydrogen-bond donors (Lipinski definition) is 1. The maximum Gasteiger partial charge on any atom is 0.0193 e. The van der Waals surface area contributed by atoms with E-state index in [1.54, 1.807) is 0 Å². The Bertz CT molecular complexity index is 148. The quantitative estimate of drug-likeness (QED) is 0.652. The standard InChI is InChI=1S/C9H18N2/c1-8(9(10)3-4-9)7-11-5-2-6-11/h8H,2-7,10H2,1H3. The van der Waals surface area contributed by atoms with Crippen LogP contribution in [-0.2, 0) is 0 Å². The van der Waals surface area contributed by atoms with Gasteiger partial charge in [0.2, 0.25) is 0 Å². The minimum Gasteiger partial charge on any atom is -0.325 e. The van der Waals surface area contributed by atoms with E-state index in [4.69, 9.17) is 5.73 Å². The summed E-state index contributed by atoms with van der Waals surface area (Å²) in [6, 6.07) is 0. The van der Waals surface area contributed by atoms with E-state index in [1.165, 1.54) is 38.9 Å². The molecule has 2 nitrogen and oxygen atoms in total. The molecule has 2 aliphatic rings. The van der Waals surface area contributed by atoms with Crippen LogP contribution in [0.15, 0.2) is 0 Å². The first-order valence-corrected chi connectivity index (χ1v) is 4.72. The number of likely N-dealkylation sites (tertiary alicyclic amines) is 1. The van der Waals surface area contributed by atoms with Crippen LogP contribution in [0.2, 0.25) is 0 Å². The third-order valence-corrected chi connectivity index (χ3v) is 3.29. The fourth-order valence-corrected chi connectivity index (χ4v) is 1.77. The molecule has 11 heavy (non-hydrogen) atoms. The third kappa shape index (κ3) is 1.42. The summed E-state index contributed by atoms with van der Waals surface area (Å²) in [7, 11) is 0. The average Bonchev–Trinajstić information content (AvgIpc) is 2.59. The monoisotopic (exact) mass is 154 g/mol. The van der Waals surface area contributed by atoms with Gasteiger partial charge >= 0.3 is 0 Å². The minimum absolute atomic E-state index is 0.232. The van der Waals surface area contributed by atoms with Gasteiger partial charge in [0.15, 0.2) is 0 Å². The van der Waals surface area contributed by atoms with Gasteiger partial charge in [0.25, 0.3) is 0 Å². The topological polar surface area (TPSA) is 29.3 Å². The predicted molar refractivity (Wildman–Crippen MR) is 46.4 cm³/mol. The van der Waals surface area contributed by atoms with Crippen LogP contribution < -0.4 is 5.73 Å². The average molecular weight is 154 g/mol. The molecule has 2 fully saturated rings. The summed E-state index contributed by atoms with van der Waals surface area (Å²) in [6.07, 6.45) is 3.90. The highest BCUT2D eigenvalue weighted by atomic mass is 15.2. The second-order valence-corrected chi connectivity index (χ2v) is 4.29. The van der Waals surface area contributed by atoms with Gasteiger partial charge < -0.3 is 10.6 Å². The van der Waals surface area contributed by atoms with Crippen LogP contribution in [0.3, 0.4) is 0 Å². The van der Waals surface area contributed by atoms with Crippen molar-refractivity contribution < 1.29 is 0 Å². The first-order valence-electron chi connectivity index (χ1n) is 4.72. The summed E-state index contributed by atoms with van der Waals surface area (Å²) in [6.45, 7) is 6.14. The molecular weight excluding hydrogens is 136 g/mol. The summed E-state index contributed by atoms with van der Waals surface area (Å²) >= 11 is 0. The van der Waals surface area contributed by atoms with E-state index < -0.39 is 0 Å². The smallest absolute Gasteiger partial charge is 0.0193 e. The highest BCUT2D eigenvalue weighted by Crippen LogP contribution is 2.40. The van der Waals surface area contributed by atoms with Crippen LogP contribution in [0.4, 0.5) is 0 Å². The van der Waals surface area contributed by atoms with Gasteiger partial charge in [-0.3, -0.25) is 0 Å². The molecule has 1 aliphatic carbocycles. The molecule has 1 unspecified atom stereocenters. The van der Waals surface area contributed by atoms with E-state index in [-0.39, 0.29) is 5.54 Å². The van der Waals surface area contributed by atoms with Crippen molar-refractivity contribution in [1.29, 1.82) is 0 Å². The van der Waals surface area contributed by atoms with E-state index in [0.717, 1.165) is 0 Å². The van der Waals surface area contributed by atoms with Crippen molar-refractivity contribution in [3.05, 3.63) is 0 Å². The lowest BCUT2D eigenvalue weighted by molar-refractivity contribution is 0.144. The largest absolute Gasteiger partial charge is 0.325 e. The Morgan fingerprint density at radius 2 is 2.09 bits per heavy atom. The molecule has 1 heterocycles. The molecule has 0 spiro atoms. The first kappa shape index (κ1) is 7.56.